The molecule has 1 aliphatic rings. The Morgan fingerprint density at radius 2 is 1.44 bits per heavy atom. The molecular weight excluding hydrogens is 319 g/mol. The summed E-state index contributed by atoms with van der Waals surface area (Å²) in [7, 11) is -0.304. The molecule has 2 rings (SSSR count). The van der Waals surface area contributed by atoms with Crippen molar-refractivity contribution in [3.05, 3.63) is 47.1 Å². The minimum Gasteiger partial charge on any atom is -0.0658 e. The maximum Gasteiger partial charge on any atom is 0.00292 e. The Morgan fingerprint density at radius 3 is 1.92 bits per heavy atom. The third-order valence-corrected chi connectivity index (χ3v) is 8.76. The SMILES string of the molecule is CC1=CC(C(C)C)=C(c2ccccc2P(C(C)(C)C)C(C)(C)C)[C@H]1C. The van der Waals surface area contributed by atoms with Crippen LogP contribution < -0.4 is 5.30 Å². The summed E-state index contributed by atoms with van der Waals surface area (Å²) in [4.78, 5) is 0. The smallest absolute Gasteiger partial charge is 0.00292 e. The van der Waals surface area contributed by atoms with E-state index in [2.05, 4.69) is 99.6 Å². The van der Waals surface area contributed by atoms with Gasteiger partial charge in [0.25, 0.3) is 0 Å². The van der Waals surface area contributed by atoms with Crippen LogP contribution in [0.1, 0.15) is 74.8 Å². The van der Waals surface area contributed by atoms with Crippen LogP contribution in [0.2, 0.25) is 0 Å². The molecule has 0 amide bonds. The van der Waals surface area contributed by atoms with Gasteiger partial charge in [-0.2, -0.15) is 0 Å². The predicted molar refractivity (Wildman–Crippen MR) is 117 cm³/mol. The molecule has 0 nitrogen and oxygen atoms in total. The van der Waals surface area contributed by atoms with E-state index in [0.29, 0.717) is 11.8 Å². The lowest BCUT2D eigenvalue weighted by atomic mass is 9.89. The Bertz CT molecular complexity index is 676. The van der Waals surface area contributed by atoms with Crippen LogP contribution in [0.15, 0.2) is 41.5 Å². The van der Waals surface area contributed by atoms with E-state index in [1.807, 2.05) is 0 Å². The second-order valence-corrected chi connectivity index (χ2v) is 13.7. The maximum atomic E-state index is 2.44. The van der Waals surface area contributed by atoms with Gasteiger partial charge in [-0.05, 0) is 45.2 Å². The van der Waals surface area contributed by atoms with Crippen LogP contribution in [-0.4, -0.2) is 10.3 Å². The third kappa shape index (κ3) is 4.11. The Hall–Kier alpha value is -0.870. The van der Waals surface area contributed by atoms with E-state index >= 15 is 0 Å². The largest absolute Gasteiger partial charge is 0.0658 e. The molecule has 0 spiro atoms. The Balaban J connectivity index is 2.73. The molecule has 1 aromatic rings. The number of allylic oxidation sites excluding steroid dienone is 4. The maximum absolute atomic E-state index is 2.44. The van der Waals surface area contributed by atoms with Crippen molar-refractivity contribution in [2.24, 2.45) is 11.8 Å². The van der Waals surface area contributed by atoms with E-state index in [-0.39, 0.29) is 18.2 Å². The van der Waals surface area contributed by atoms with Crippen LogP contribution in [0.3, 0.4) is 0 Å². The standard InChI is InChI=1S/C24H37P/c1-16(2)20-15-17(3)18(4)22(20)19-13-11-12-14-21(19)25(23(5,6)7)24(8,9)10/h11-16,18H,1-10H3/t18-/m0/s1. The molecule has 1 aromatic carbocycles. The molecule has 0 bridgehead atoms. The van der Waals surface area contributed by atoms with Crippen LogP contribution in [0.25, 0.3) is 5.57 Å². The van der Waals surface area contributed by atoms with Gasteiger partial charge in [-0.25, -0.2) is 0 Å². The van der Waals surface area contributed by atoms with Gasteiger partial charge in [0.1, 0.15) is 0 Å². The first-order chi connectivity index (χ1) is 11.4. The minimum atomic E-state index is -0.304. The fourth-order valence-corrected chi connectivity index (χ4v) is 8.55. The number of hydrogen-bond donors (Lipinski definition) is 0. The van der Waals surface area contributed by atoms with E-state index in [4.69, 9.17) is 0 Å². The summed E-state index contributed by atoms with van der Waals surface area (Å²) in [5.74, 6) is 1.09. The number of hydrogen-bond acceptors (Lipinski definition) is 0. The van der Waals surface area contributed by atoms with Gasteiger partial charge in [-0.3, -0.25) is 0 Å². The lowest BCUT2D eigenvalue weighted by Crippen LogP contribution is -2.32. The highest BCUT2D eigenvalue weighted by Crippen LogP contribution is 2.59. The highest BCUT2D eigenvalue weighted by Gasteiger charge is 2.38. The van der Waals surface area contributed by atoms with Crippen molar-refractivity contribution in [1.82, 2.24) is 0 Å². The van der Waals surface area contributed by atoms with E-state index in [9.17, 15) is 0 Å². The van der Waals surface area contributed by atoms with Crippen molar-refractivity contribution in [3.63, 3.8) is 0 Å². The van der Waals surface area contributed by atoms with Crippen LogP contribution in [0, 0.1) is 11.8 Å². The Morgan fingerprint density at radius 1 is 0.920 bits per heavy atom. The highest BCUT2D eigenvalue weighted by molar-refractivity contribution is 7.68. The van der Waals surface area contributed by atoms with Gasteiger partial charge in [0.15, 0.2) is 0 Å². The first-order valence-corrected chi connectivity index (χ1v) is 11.0. The van der Waals surface area contributed by atoms with Crippen molar-refractivity contribution in [2.45, 2.75) is 79.5 Å². The molecule has 0 saturated carbocycles. The topological polar surface area (TPSA) is 0 Å². The van der Waals surface area contributed by atoms with Crippen molar-refractivity contribution < 1.29 is 0 Å². The fourth-order valence-electron chi connectivity index (χ4n) is 4.42. The molecule has 0 radical (unpaired) electrons. The average Bonchev–Trinajstić information content (AvgIpc) is 2.73. The molecule has 0 aromatic heterocycles. The Kier molecular flexibility index (Phi) is 5.75. The zero-order valence-electron chi connectivity index (χ0n) is 18.0. The molecular formula is C24H37P. The summed E-state index contributed by atoms with van der Waals surface area (Å²) in [6.07, 6.45) is 2.44. The van der Waals surface area contributed by atoms with Gasteiger partial charge in [-0.1, -0.05) is 106 Å². The monoisotopic (exact) mass is 356 g/mol. The first kappa shape index (κ1) is 20.4. The van der Waals surface area contributed by atoms with Gasteiger partial charge in [0, 0.05) is 5.92 Å². The van der Waals surface area contributed by atoms with Gasteiger partial charge in [0.2, 0.25) is 0 Å². The van der Waals surface area contributed by atoms with Gasteiger partial charge in [0.05, 0.1) is 0 Å². The minimum absolute atomic E-state index is 0.284. The second-order valence-electron chi connectivity index (χ2n) is 9.83. The highest BCUT2D eigenvalue weighted by atomic mass is 31.1. The molecule has 0 saturated heterocycles. The van der Waals surface area contributed by atoms with Crippen LogP contribution in [0.4, 0.5) is 0 Å². The summed E-state index contributed by atoms with van der Waals surface area (Å²) in [5, 5.41) is 2.15. The normalized spacial score (nSPS) is 19.2. The zero-order valence-corrected chi connectivity index (χ0v) is 18.9. The van der Waals surface area contributed by atoms with E-state index < -0.39 is 0 Å². The molecule has 138 valence electrons. The molecule has 1 aliphatic carbocycles. The summed E-state index contributed by atoms with van der Waals surface area (Å²) in [6.45, 7) is 23.8. The van der Waals surface area contributed by atoms with E-state index in [0.717, 1.165) is 0 Å². The lowest BCUT2D eigenvalue weighted by molar-refractivity contribution is 0.714. The molecule has 0 fully saturated rings. The Labute approximate surface area is 157 Å². The average molecular weight is 357 g/mol. The van der Waals surface area contributed by atoms with Crippen molar-refractivity contribution in [3.8, 4) is 0 Å². The van der Waals surface area contributed by atoms with Gasteiger partial charge < -0.3 is 0 Å². The van der Waals surface area contributed by atoms with Crippen molar-refractivity contribution in [2.75, 3.05) is 0 Å². The molecule has 1 atom stereocenters. The lowest BCUT2D eigenvalue weighted by Gasteiger charge is -2.43. The zero-order chi connectivity index (χ0) is 19.2. The molecule has 0 unspecified atom stereocenters. The van der Waals surface area contributed by atoms with Crippen LogP contribution in [-0.2, 0) is 0 Å². The third-order valence-electron chi connectivity index (χ3n) is 5.21. The first-order valence-electron chi connectivity index (χ1n) is 9.67. The molecule has 25 heavy (non-hydrogen) atoms. The number of benzene rings is 1. The quantitative estimate of drug-likeness (QED) is 0.495. The predicted octanol–water partition coefficient (Wildman–Crippen LogP) is 7.40. The molecule has 0 N–H and O–H groups in total. The van der Waals surface area contributed by atoms with E-state index in [1.165, 1.54) is 16.7 Å². The van der Waals surface area contributed by atoms with Gasteiger partial charge >= 0.3 is 0 Å². The summed E-state index contributed by atoms with van der Waals surface area (Å²) < 4.78 is 0. The molecule has 0 heterocycles. The summed E-state index contributed by atoms with van der Waals surface area (Å²) in [5.41, 5.74) is 6.12. The fraction of sp³-hybridized carbons (Fsp3) is 0.583. The number of rotatable bonds is 3. The summed E-state index contributed by atoms with van der Waals surface area (Å²) in [6, 6.07) is 9.25. The second kappa shape index (κ2) is 7.03. The van der Waals surface area contributed by atoms with E-state index in [1.54, 1.807) is 10.9 Å². The van der Waals surface area contributed by atoms with Crippen LogP contribution in [0.5, 0.6) is 0 Å². The van der Waals surface area contributed by atoms with Crippen LogP contribution >= 0.6 is 7.92 Å². The molecule has 0 aliphatic heterocycles. The van der Waals surface area contributed by atoms with Crippen molar-refractivity contribution >= 4 is 18.8 Å². The summed E-state index contributed by atoms with van der Waals surface area (Å²) >= 11 is 0. The van der Waals surface area contributed by atoms with Gasteiger partial charge in [-0.15, -0.1) is 0 Å². The van der Waals surface area contributed by atoms with Crippen molar-refractivity contribution in [1.29, 1.82) is 0 Å². The molecule has 1 heteroatoms.